The van der Waals surface area contributed by atoms with Gasteiger partial charge in [0.2, 0.25) is 0 Å². The predicted molar refractivity (Wildman–Crippen MR) is 57.5 cm³/mol. The van der Waals surface area contributed by atoms with Crippen molar-refractivity contribution in [2.75, 3.05) is 0 Å². The van der Waals surface area contributed by atoms with Gasteiger partial charge in [-0.05, 0) is 31.4 Å². The van der Waals surface area contributed by atoms with Gasteiger partial charge in [-0.25, -0.2) is 0 Å². The van der Waals surface area contributed by atoms with E-state index >= 15 is 0 Å². The maximum atomic E-state index is 10.9. The molecule has 0 amide bonds. The van der Waals surface area contributed by atoms with Gasteiger partial charge in [-0.2, -0.15) is 0 Å². The molecule has 0 unspecified atom stereocenters. The highest BCUT2D eigenvalue weighted by atomic mass is 16.4. The molecule has 0 aliphatic rings. The van der Waals surface area contributed by atoms with Crippen LogP contribution in [0.4, 0.5) is 0 Å². The van der Waals surface area contributed by atoms with Gasteiger partial charge >= 0.3 is 5.97 Å². The Balaban J connectivity index is 2.77. The van der Waals surface area contributed by atoms with Crippen molar-refractivity contribution in [2.45, 2.75) is 26.9 Å². The van der Waals surface area contributed by atoms with Crippen molar-refractivity contribution in [3.05, 3.63) is 35.4 Å². The van der Waals surface area contributed by atoms with E-state index in [0.29, 0.717) is 6.42 Å². The summed E-state index contributed by atoms with van der Waals surface area (Å²) >= 11 is 0. The van der Waals surface area contributed by atoms with Crippen LogP contribution in [0.5, 0.6) is 0 Å². The van der Waals surface area contributed by atoms with E-state index in [1.165, 1.54) is 0 Å². The third kappa shape index (κ3) is 3.06. The molecule has 0 bridgehead atoms. The minimum Gasteiger partial charge on any atom is -0.481 e. The minimum absolute atomic E-state index is 0.0165. The summed E-state index contributed by atoms with van der Waals surface area (Å²) in [7, 11) is 0. The molecule has 0 spiro atoms. The van der Waals surface area contributed by atoms with Crippen LogP contribution in [0.25, 0.3) is 0 Å². The second-order valence-electron chi connectivity index (χ2n) is 4.34. The number of carbonyl (C=O) groups is 1. The SMILES string of the molecule is CC(C)(Cc1ccc(CO)cc1)C(=O)O. The Morgan fingerprint density at radius 2 is 1.67 bits per heavy atom. The van der Waals surface area contributed by atoms with E-state index in [9.17, 15) is 4.79 Å². The standard InChI is InChI=1S/C12H16O3/c1-12(2,11(14)15)7-9-3-5-10(8-13)6-4-9/h3-6,13H,7-8H2,1-2H3,(H,14,15). The molecule has 82 valence electrons. The Bertz CT molecular complexity index is 338. The Labute approximate surface area is 89.4 Å². The van der Waals surface area contributed by atoms with E-state index in [-0.39, 0.29) is 6.61 Å². The third-order valence-electron chi connectivity index (χ3n) is 2.43. The van der Waals surface area contributed by atoms with Gasteiger partial charge in [0.25, 0.3) is 0 Å². The highest BCUT2D eigenvalue weighted by Crippen LogP contribution is 2.22. The molecule has 0 radical (unpaired) electrons. The molecule has 0 aliphatic heterocycles. The molecule has 1 aromatic carbocycles. The average molecular weight is 208 g/mol. The number of hydrogen-bond donors (Lipinski definition) is 2. The van der Waals surface area contributed by atoms with E-state index < -0.39 is 11.4 Å². The second-order valence-corrected chi connectivity index (χ2v) is 4.34. The normalized spacial score (nSPS) is 11.4. The average Bonchev–Trinajstić information content (AvgIpc) is 2.18. The van der Waals surface area contributed by atoms with E-state index in [1.54, 1.807) is 13.8 Å². The van der Waals surface area contributed by atoms with Crippen molar-refractivity contribution in [3.8, 4) is 0 Å². The maximum Gasteiger partial charge on any atom is 0.309 e. The van der Waals surface area contributed by atoms with Crippen LogP contribution < -0.4 is 0 Å². The molecule has 3 heteroatoms. The van der Waals surface area contributed by atoms with E-state index in [4.69, 9.17) is 10.2 Å². The second kappa shape index (κ2) is 4.45. The lowest BCUT2D eigenvalue weighted by molar-refractivity contribution is -0.146. The number of rotatable bonds is 4. The molecule has 3 nitrogen and oxygen atoms in total. The first-order valence-corrected chi connectivity index (χ1v) is 4.88. The fourth-order valence-electron chi connectivity index (χ4n) is 1.35. The molecule has 0 heterocycles. The van der Waals surface area contributed by atoms with Crippen molar-refractivity contribution >= 4 is 5.97 Å². The molecule has 0 saturated carbocycles. The van der Waals surface area contributed by atoms with Gasteiger partial charge in [0.05, 0.1) is 12.0 Å². The van der Waals surface area contributed by atoms with Gasteiger partial charge in [0.15, 0.2) is 0 Å². The summed E-state index contributed by atoms with van der Waals surface area (Å²) in [6.45, 7) is 3.42. The molecule has 0 aromatic heterocycles. The molecule has 0 aliphatic carbocycles. The van der Waals surface area contributed by atoms with Crippen LogP contribution in [0, 0.1) is 5.41 Å². The lowest BCUT2D eigenvalue weighted by Gasteiger charge is -2.18. The molecule has 0 atom stereocenters. The summed E-state index contributed by atoms with van der Waals surface area (Å²) < 4.78 is 0. The van der Waals surface area contributed by atoms with Crippen molar-refractivity contribution in [3.63, 3.8) is 0 Å². The largest absolute Gasteiger partial charge is 0.481 e. The molecule has 1 aromatic rings. The van der Waals surface area contributed by atoms with Crippen LogP contribution in [0.2, 0.25) is 0 Å². The fourth-order valence-corrected chi connectivity index (χ4v) is 1.35. The van der Waals surface area contributed by atoms with Crippen LogP contribution in [-0.2, 0) is 17.8 Å². The van der Waals surface area contributed by atoms with Gasteiger partial charge < -0.3 is 10.2 Å². The number of carboxylic acid groups (broad SMARTS) is 1. The number of carboxylic acids is 1. The summed E-state index contributed by atoms with van der Waals surface area (Å²) in [6.07, 6.45) is 0.494. The number of aliphatic carboxylic acids is 1. The van der Waals surface area contributed by atoms with E-state index in [1.807, 2.05) is 24.3 Å². The van der Waals surface area contributed by atoms with Gasteiger partial charge in [-0.15, -0.1) is 0 Å². The predicted octanol–water partition coefficient (Wildman–Crippen LogP) is 1.83. The highest BCUT2D eigenvalue weighted by molar-refractivity contribution is 5.74. The Kier molecular flexibility index (Phi) is 3.48. The van der Waals surface area contributed by atoms with Crippen LogP contribution >= 0.6 is 0 Å². The number of aliphatic hydroxyl groups is 1. The Morgan fingerprint density at radius 1 is 1.20 bits per heavy atom. The van der Waals surface area contributed by atoms with Crippen LogP contribution in [0.3, 0.4) is 0 Å². The van der Waals surface area contributed by atoms with Crippen LogP contribution in [0.1, 0.15) is 25.0 Å². The highest BCUT2D eigenvalue weighted by Gasteiger charge is 2.27. The summed E-state index contributed by atoms with van der Waals surface area (Å²) in [5.74, 6) is -0.797. The molecule has 15 heavy (non-hydrogen) atoms. The van der Waals surface area contributed by atoms with Crippen molar-refractivity contribution in [1.82, 2.24) is 0 Å². The van der Waals surface area contributed by atoms with Crippen LogP contribution in [-0.4, -0.2) is 16.2 Å². The van der Waals surface area contributed by atoms with Crippen LogP contribution in [0.15, 0.2) is 24.3 Å². The zero-order valence-electron chi connectivity index (χ0n) is 9.03. The molecular weight excluding hydrogens is 192 g/mol. The van der Waals surface area contributed by atoms with Gasteiger partial charge in [0, 0.05) is 0 Å². The minimum atomic E-state index is -0.797. The molecule has 1 rings (SSSR count). The molecule has 2 N–H and O–H groups in total. The van der Waals surface area contributed by atoms with Crippen molar-refractivity contribution < 1.29 is 15.0 Å². The van der Waals surface area contributed by atoms with Crippen molar-refractivity contribution in [1.29, 1.82) is 0 Å². The number of hydrogen-bond acceptors (Lipinski definition) is 2. The summed E-state index contributed by atoms with van der Waals surface area (Å²) in [6, 6.07) is 7.34. The van der Waals surface area contributed by atoms with Gasteiger partial charge in [-0.3, -0.25) is 4.79 Å². The summed E-state index contributed by atoms with van der Waals surface area (Å²) in [5, 5.41) is 17.8. The monoisotopic (exact) mass is 208 g/mol. The lowest BCUT2D eigenvalue weighted by atomic mass is 9.86. The smallest absolute Gasteiger partial charge is 0.309 e. The number of benzene rings is 1. The molecule has 0 saturated heterocycles. The number of aliphatic hydroxyl groups excluding tert-OH is 1. The first-order chi connectivity index (χ1) is 6.95. The zero-order chi connectivity index (χ0) is 11.5. The Hall–Kier alpha value is -1.35. The molecule has 0 fully saturated rings. The lowest BCUT2D eigenvalue weighted by Crippen LogP contribution is -2.26. The maximum absolute atomic E-state index is 10.9. The first-order valence-electron chi connectivity index (χ1n) is 4.88. The topological polar surface area (TPSA) is 57.5 Å². The third-order valence-corrected chi connectivity index (χ3v) is 2.43. The van der Waals surface area contributed by atoms with Gasteiger partial charge in [-0.1, -0.05) is 24.3 Å². The molecular formula is C12H16O3. The summed E-state index contributed by atoms with van der Waals surface area (Å²) in [5.41, 5.74) is 1.06. The van der Waals surface area contributed by atoms with E-state index in [0.717, 1.165) is 11.1 Å². The Morgan fingerprint density at radius 3 is 2.07 bits per heavy atom. The zero-order valence-corrected chi connectivity index (χ0v) is 9.03. The summed E-state index contributed by atoms with van der Waals surface area (Å²) in [4.78, 5) is 10.9. The fraction of sp³-hybridized carbons (Fsp3) is 0.417. The van der Waals surface area contributed by atoms with Gasteiger partial charge in [0.1, 0.15) is 0 Å². The van der Waals surface area contributed by atoms with E-state index in [2.05, 4.69) is 0 Å². The van der Waals surface area contributed by atoms with Crippen molar-refractivity contribution in [2.24, 2.45) is 5.41 Å². The first kappa shape index (κ1) is 11.7. The quantitative estimate of drug-likeness (QED) is 0.793.